The Morgan fingerprint density at radius 2 is 1.68 bits per heavy atom. The maximum atomic E-state index is 12.3. The Labute approximate surface area is 216 Å². The molecular formula is C19H22O4S8. The molecule has 1 saturated heterocycles. The number of hydrogen-bond acceptors (Lipinski definition) is 12. The van der Waals surface area contributed by atoms with Gasteiger partial charge in [0.15, 0.2) is 0 Å². The number of carbonyl (C=O) groups is 2. The van der Waals surface area contributed by atoms with Crippen molar-refractivity contribution in [2.24, 2.45) is 0 Å². The van der Waals surface area contributed by atoms with E-state index in [0.717, 1.165) is 38.7 Å². The molecular weight excluding hydrogens is 549 g/mol. The van der Waals surface area contributed by atoms with E-state index in [2.05, 4.69) is 0 Å². The minimum atomic E-state index is -0.361. The van der Waals surface area contributed by atoms with Crippen LogP contribution >= 0.6 is 92.2 Å². The molecule has 4 aliphatic heterocycles. The number of thioether (sulfide) groups is 6. The maximum absolute atomic E-state index is 12.3. The van der Waals surface area contributed by atoms with E-state index < -0.39 is 0 Å². The van der Waals surface area contributed by atoms with Crippen molar-refractivity contribution < 1.29 is 19.1 Å². The lowest BCUT2D eigenvalue weighted by Gasteiger charge is -2.08. The smallest absolute Gasteiger partial charge is 0.345 e. The molecule has 0 amide bonds. The lowest BCUT2D eigenvalue weighted by atomic mass is 10.1. The largest absolute Gasteiger partial charge is 0.465 e. The van der Waals surface area contributed by atoms with Crippen molar-refractivity contribution >= 4 is 104 Å². The Hall–Kier alpha value is 0.960. The van der Waals surface area contributed by atoms with Crippen LogP contribution in [0.25, 0.3) is 0 Å². The van der Waals surface area contributed by atoms with Crippen LogP contribution in [0.3, 0.4) is 0 Å². The molecule has 170 valence electrons. The zero-order chi connectivity index (χ0) is 21.6. The quantitative estimate of drug-likeness (QED) is 0.167. The average molecular weight is 571 g/mol. The second-order valence-corrected chi connectivity index (χ2v) is 16.9. The highest BCUT2D eigenvalue weighted by atomic mass is 33.1. The van der Waals surface area contributed by atoms with Crippen LogP contribution < -0.4 is 0 Å². The summed E-state index contributed by atoms with van der Waals surface area (Å²) in [5.74, 6) is 2.99. The summed E-state index contributed by atoms with van der Waals surface area (Å²) in [6.45, 7) is 0.138. The predicted octanol–water partition coefficient (Wildman–Crippen LogP) is 7.32. The third kappa shape index (κ3) is 6.99. The van der Waals surface area contributed by atoms with Gasteiger partial charge in [-0.25, -0.2) is 4.79 Å². The van der Waals surface area contributed by atoms with Crippen LogP contribution in [0.1, 0.15) is 32.1 Å². The van der Waals surface area contributed by atoms with Crippen LogP contribution in [-0.2, 0) is 19.1 Å². The summed E-state index contributed by atoms with van der Waals surface area (Å²) in [4.78, 5) is 25.9. The first kappa shape index (κ1) is 25.1. The summed E-state index contributed by atoms with van der Waals surface area (Å²) in [5.41, 5.74) is 0. The highest BCUT2D eigenvalue weighted by molar-refractivity contribution is 8.77. The van der Waals surface area contributed by atoms with Gasteiger partial charge in [-0.05, 0) is 19.3 Å². The molecule has 1 unspecified atom stereocenters. The van der Waals surface area contributed by atoms with Crippen LogP contribution in [0, 0.1) is 0 Å². The summed E-state index contributed by atoms with van der Waals surface area (Å²) < 4.78 is 15.6. The summed E-state index contributed by atoms with van der Waals surface area (Å²) in [5, 5.41) is 0.746. The topological polar surface area (TPSA) is 52.6 Å². The van der Waals surface area contributed by atoms with Gasteiger partial charge in [0, 0.05) is 33.8 Å². The zero-order valence-corrected chi connectivity index (χ0v) is 23.4. The van der Waals surface area contributed by atoms with Crippen LogP contribution in [0.15, 0.2) is 26.8 Å². The molecule has 31 heavy (non-hydrogen) atoms. The molecule has 4 aliphatic rings. The Morgan fingerprint density at radius 3 is 2.35 bits per heavy atom. The molecule has 0 aromatic rings. The van der Waals surface area contributed by atoms with Gasteiger partial charge < -0.3 is 9.47 Å². The molecule has 4 heterocycles. The second kappa shape index (κ2) is 12.6. The normalized spacial score (nSPS) is 23.6. The Morgan fingerprint density at radius 1 is 0.935 bits per heavy atom. The third-order valence-corrected chi connectivity index (χ3v) is 16.4. The van der Waals surface area contributed by atoms with Gasteiger partial charge in [-0.2, -0.15) is 0 Å². The van der Waals surface area contributed by atoms with Crippen molar-refractivity contribution in [1.29, 1.82) is 0 Å². The summed E-state index contributed by atoms with van der Waals surface area (Å²) >= 11 is 10.4. The van der Waals surface area contributed by atoms with Gasteiger partial charge in [0.2, 0.25) is 0 Å². The van der Waals surface area contributed by atoms with E-state index in [1.807, 2.05) is 45.1 Å². The fourth-order valence-corrected chi connectivity index (χ4v) is 14.8. The summed E-state index contributed by atoms with van der Waals surface area (Å²) in [6.07, 6.45) is 4.82. The summed E-state index contributed by atoms with van der Waals surface area (Å²) in [7, 11) is 5.33. The van der Waals surface area contributed by atoms with Crippen molar-refractivity contribution in [1.82, 2.24) is 0 Å². The van der Waals surface area contributed by atoms with Crippen LogP contribution in [0.5, 0.6) is 0 Å². The van der Waals surface area contributed by atoms with Gasteiger partial charge in [0.25, 0.3) is 0 Å². The van der Waals surface area contributed by atoms with Gasteiger partial charge in [-0.3, -0.25) is 4.79 Å². The molecule has 0 aromatic carbocycles. The predicted molar refractivity (Wildman–Crippen MR) is 146 cm³/mol. The number of esters is 2. The fraction of sp³-hybridized carbons (Fsp3) is 0.579. The van der Waals surface area contributed by atoms with Gasteiger partial charge in [0.1, 0.15) is 11.5 Å². The first-order valence-electron chi connectivity index (χ1n) is 9.85. The Kier molecular flexibility index (Phi) is 10.2. The molecule has 0 aliphatic carbocycles. The van der Waals surface area contributed by atoms with E-state index in [4.69, 9.17) is 9.47 Å². The number of rotatable bonds is 8. The number of carbonyl (C=O) groups excluding carboxylic acids is 2. The molecule has 0 aromatic heterocycles. The van der Waals surface area contributed by atoms with Crippen LogP contribution in [0.2, 0.25) is 0 Å². The molecule has 0 spiro atoms. The van der Waals surface area contributed by atoms with E-state index >= 15 is 0 Å². The third-order valence-electron chi connectivity index (χ3n) is 4.54. The molecule has 4 rings (SSSR count). The average Bonchev–Trinajstić information content (AvgIpc) is 3.53. The van der Waals surface area contributed by atoms with E-state index in [1.165, 1.54) is 50.2 Å². The number of ether oxygens (including phenoxy) is 2. The molecule has 4 nitrogen and oxygen atoms in total. The van der Waals surface area contributed by atoms with Crippen molar-refractivity contribution in [3.63, 3.8) is 0 Å². The molecule has 1 fully saturated rings. The maximum Gasteiger partial charge on any atom is 0.345 e. The molecule has 0 saturated carbocycles. The van der Waals surface area contributed by atoms with E-state index in [9.17, 15) is 9.59 Å². The number of hydrogen-bond donors (Lipinski definition) is 0. The highest BCUT2D eigenvalue weighted by Gasteiger charge is 2.34. The monoisotopic (exact) mass is 570 g/mol. The molecule has 0 bridgehead atoms. The van der Waals surface area contributed by atoms with E-state index in [-0.39, 0.29) is 18.5 Å². The fourth-order valence-electron chi connectivity index (χ4n) is 2.98. The number of methoxy groups -OCH3 is 1. The Balaban J connectivity index is 1.27. The van der Waals surface area contributed by atoms with Gasteiger partial charge in [-0.1, -0.05) is 75.1 Å². The minimum absolute atomic E-state index is 0.138. The highest BCUT2D eigenvalue weighted by Crippen LogP contribution is 2.64. The standard InChI is InChI=1S/C19H22O4S8/c1-22-15(21)14-12(10-23-13(20)5-3-2-4-11-6-7-26-31-11)27-18(28-14)19-29-16-17(30-19)25-9-8-24-16/h11H,2-10H2,1H3. The zero-order valence-electron chi connectivity index (χ0n) is 16.8. The molecule has 0 N–H and O–H groups in total. The van der Waals surface area contributed by atoms with Crippen molar-refractivity contribution in [3.8, 4) is 0 Å². The van der Waals surface area contributed by atoms with Crippen LogP contribution in [0.4, 0.5) is 0 Å². The molecule has 0 radical (unpaired) electrons. The van der Waals surface area contributed by atoms with E-state index in [0.29, 0.717) is 11.3 Å². The SMILES string of the molecule is COC(=O)C1=C(COC(=O)CCCCC2CCSS2)SC(=C2SC3=C(SCCS3)S2)S1. The van der Waals surface area contributed by atoms with Crippen LogP contribution in [-0.4, -0.2) is 48.2 Å². The first-order valence-corrected chi connectivity index (χ1v) is 17.5. The summed E-state index contributed by atoms with van der Waals surface area (Å²) in [6, 6.07) is 0. The Bertz CT molecular complexity index is 796. The second-order valence-electron chi connectivity index (χ2n) is 6.73. The number of unbranched alkanes of at least 4 members (excludes halogenated alkanes) is 1. The van der Waals surface area contributed by atoms with Crippen molar-refractivity contribution in [3.05, 3.63) is 26.8 Å². The van der Waals surface area contributed by atoms with Gasteiger partial charge >= 0.3 is 11.9 Å². The lowest BCUT2D eigenvalue weighted by molar-refractivity contribution is -0.143. The van der Waals surface area contributed by atoms with E-state index in [1.54, 1.807) is 35.3 Å². The van der Waals surface area contributed by atoms with Crippen molar-refractivity contribution in [2.75, 3.05) is 31.0 Å². The lowest BCUT2D eigenvalue weighted by Crippen LogP contribution is -2.09. The van der Waals surface area contributed by atoms with Gasteiger partial charge in [0.05, 0.1) is 24.1 Å². The first-order chi connectivity index (χ1) is 15.1. The molecule has 1 atom stereocenters. The molecule has 12 heteroatoms. The van der Waals surface area contributed by atoms with Crippen molar-refractivity contribution in [2.45, 2.75) is 37.4 Å². The minimum Gasteiger partial charge on any atom is -0.465 e. The van der Waals surface area contributed by atoms with Gasteiger partial charge in [-0.15, -0.1) is 23.5 Å².